The van der Waals surface area contributed by atoms with Crippen molar-refractivity contribution in [1.29, 1.82) is 0 Å². The summed E-state index contributed by atoms with van der Waals surface area (Å²) in [7, 11) is 0. The summed E-state index contributed by atoms with van der Waals surface area (Å²) in [6, 6.07) is 16.2. The number of aliphatic hydroxyl groups is 1. The third-order valence-corrected chi connectivity index (χ3v) is 5.92. The summed E-state index contributed by atoms with van der Waals surface area (Å²) in [4.78, 5) is 21.1. The Hall–Kier alpha value is -3.45. The zero-order valence-corrected chi connectivity index (χ0v) is 19.1. The molecule has 3 aromatic rings. The maximum absolute atomic E-state index is 11.4. The van der Waals surface area contributed by atoms with Gasteiger partial charge in [-0.2, -0.15) is 0 Å². The summed E-state index contributed by atoms with van der Waals surface area (Å²) >= 11 is 0. The number of H-pyrrole nitrogens is 1. The average Bonchev–Trinajstić information content (AvgIpc) is 3.27. The van der Waals surface area contributed by atoms with E-state index >= 15 is 0 Å². The van der Waals surface area contributed by atoms with Gasteiger partial charge in [-0.1, -0.05) is 67.0 Å². The second-order valence-electron chi connectivity index (χ2n) is 8.29. The first-order chi connectivity index (χ1) is 16.1. The van der Waals surface area contributed by atoms with E-state index in [0.29, 0.717) is 12.4 Å². The largest absolute Gasteiger partial charge is 0.439 e. The zero-order valence-electron chi connectivity index (χ0n) is 19.1. The van der Waals surface area contributed by atoms with Crippen LogP contribution in [-0.4, -0.2) is 45.2 Å². The van der Waals surface area contributed by atoms with E-state index in [0.717, 1.165) is 42.4 Å². The topological polar surface area (TPSA) is 94.7 Å². The van der Waals surface area contributed by atoms with E-state index < -0.39 is 5.76 Å². The Labute approximate surface area is 193 Å². The van der Waals surface area contributed by atoms with Crippen LogP contribution >= 0.6 is 0 Å². The fourth-order valence-corrected chi connectivity index (χ4v) is 4.16. The molecule has 0 saturated carbocycles. The van der Waals surface area contributed by atoms with E-state index in [4.69, 9.17) is 4.99 Å². The van der Waals surface area contributed by atoms with Gasteiger partial charge in [-0.05, 0) is 42.0 Å². The SMILES string of the molecule is CCCCC1=NC(C)N(CCO)C=C1Cc1ccc(-c2ccccc2-c2noc(=O)[nH]2)cc1. The predicted octanol–water partition coefficient (Wildman–Crippen LogP) is 4.41. The van der Waals surface area contributed by atoms with Crippen LogP contribution in [0.4, 0.5) is 0 Å². The van der Waals surface area contributed by atoms with E-state index in [1.807, 2.05) is 24.3 Å². The van der Waals surface area contributed by atoms with E-state index in [1.54, 1.807) is 0 Å². The number of aromatic nitrogens is 2. The van der Waals surface area contributed by atoms with Gasteiger partial charge in [0, 0.05) is 30.4 Å². The van der Waals surface area contributed by atoms with Gasteiger partial charge >= 0.3 is 5.76 Å². The molecule has 1 unspecified atom stereocenters. The van der Waals surface area contributed by atoms with Gasteiger partial charge in [0.2, 0.25) is 0 Å². The molecule has 2 N–H and O–H groups in total. The Morgan fingerprint density at radius 2 is 1.88 bits per heavy atom. The van der Waals surface area contributed by atoms with E-state index in [1.165, 1.54) is 16.8 Å². The van der Waals surface area contributed by atoms with Crippen LogP contribution in [0, 0.1) is 0 Å². The van der Waals surface area contributed by atoms with Crippen molar-refractivity contribution in [3.63, 3.8) is 0 Å². The van der Waals surface area contributed by atoms with Crippen molar-refractivity contribution >= 4 is 5.71 Å². The first kappa shape index (κ1) is 22.7. The molecule has 172 valence electrons. The van der Waals surface area contributed by atoms with Gasteiger partial charge in [0.05, 0.1) is 6.61 Å². The monoisotopic (exact) mass is 446 g/mol. The number of rotatable bonds is 9. The lowest BCUT2D eigenvalue weighted by Crippen LogP contribution is -2.34. The van der Waals surface area contributed by atoms with Crippen LogP contribution < -0.4 is 5.76 Å². The molecule has 0 fully saturated rings. The maximum atomic E-state index is 11.4. The third-order valence-electron chi connectivity index (χ3n) is 5.92. The molecule has 4 rings (SSSR count). The van der Waals surface area contributed by atoms with Crippen LogP contribution in [0.15, 0.2) is 74.6 Å². The summed E-state index contributed by atoms with van der Waals surface area (Å²) in [5.41, 5.74) is 6.39. The summed E-state index contributed by atoms with van der Waals surface area (Å²) < 4.78 is 4.69. The second-order valence-corrected chi connectivity index (χ2v) is 8.29. The number of hydrogen-bond donors (Lipinski definition) is 2. The van der Waals surface area contributed by atoms with E-state index in [2.05, 4.69) is 63.9 Å². The summed E-state index contributed by atoms with van der Waals surface area (Å²) in [6.45, 7) is 4.96. The maximum Gasteiger partial charge on any atom is 0.439 e. The number of unbranched alkanes of at least 4 members (excludes halogenated alkanes) is 1. The molecule has 7 heteroatoms. The standard InChI is InChI=1S/C26H30N4O3/c1-3-4-9-24-21(17-30(14-15-31)18(2)27-24)16-19-10-12-20(13-11-19)22-7-5-6-8-23(22)25-28-26(32)33-29-25/h5-8,10-13,17-18,31H,3-4,9,14-16H2,1-2H3,(H,28,29,32). The zero-order chi connectivity index (χ0) is 23.2. The number of aliphatic imine (C=N–C) groups is 1. The Balaban J connectivity index is 1.58. The minimum Gasteiger partial charge on any atom is -0.395 e. The number of nitrogens with one attached hydrogen (secondary N) is 1. The van der Waals surface area contributed by atoms with Crippen molar-refractivity contribution in [2.24, 2.45) is 4.99 Å². The number of aliphatic hydroxyl groups excluding tert-OH is 1. The lowest BCUT2D eigenvalue weighted by Gasteiger charge is -2.31. The van der Waals surface area contributed by atoms with Crippen LogP contribution in [0.1, 0.15) is 38.7 Å². The van der Waals surface area contributed by atoms with Gasteiger partial charge in [-0.15, -0.1) is 0 Å². The Morgan fingerprint density at radius 1 is 1.12 bits per heavy atom. The number of benzene rings is 2. The summed E-state index contributed by atoms with van der Waals surface area (Å²) in [5, 5.41) is 13.3. The van der Waals surface area contributed by atoms with Gasteiger partial charge in [-0.3, -0.25) is 14.5 Å². The highest BCUT2D eigenvalue weighted by molar-refractivity contribution is 6.01. The molecule has 1 aliphatic heterocycles. The van der Waals surface area contributed by atoms with Crippen molar-refractivity contribution in [2.45, 2.75) is 45.7 Å². The molecule has 0 saturated heterocycles. The Bertz CT molecular complexity index is 1190. The van der Waals surface area contributed by atoms with Crippen molar-refractivity contribution in [3.05, 3.63) is 76.4 Å². The normalized spacial score (nSPS) is 16.0. The lowest BCUT2D eigenvalue weighted by molar-refractivity contribution is 0.207. The fraction of sp³-hybridized carbons (Fsp3) is 0.346. The molecule has 1 aliphatic rings. The Kier molecular flexibility index (Phi) is 7.19. The smallest absolute Gasteiger partial charge is 0.395 e. The van der Waals surface area contributed by atoms with Crippen molar-refractivity contribution in [1.82, 2.24) is 15.0 Å². The molecule has 0 bridgehead atoms. The molecule has 0 radical (unpaired) electrons. The fourth-order valence-electron chi connectivity index (χ4n) is 4.16. The third kappa shape index (κ3) is 5.31. The minimum atomic E-state index is -0.569. The molecule has 0 aliphatic carbocycles. The van der Waals surface area contributed by atoms with Crippen molar-refractivity contribution < 1.29 is 9.63 Å². The average molecular weight is 447 g/mol. The first-order valence-corrected chi connectivity index (χ1v) is 11.5. The number of allylic oxidation sites excluding steroid dienone is 1. The molecule has 1 atom stereocenters. The van der Waals surface area contributed by atoms with Gasteiger partial charge < -0.3 is 10.0 Å². The summed E-state index contributed by atoms with van der Waals surface area (Å²) in [5.74, 6) is -0.150. The van der Waals surface area contributed by atoms with Crippen LogP contribution in [0.3, 0.4) is 0 Å². The second kappa shape index (κ2) is 10.4. The quantitative estimate of drug-likeness (QED) is 0.508. The number of aromatic amines is 1. The lowest BCUT2D eigenvalue weighted by atomic mass is 9.94. The number of β-amino-alcohol motifs (C(OH)–C–C–N with tert-alkyl or cyclic N) is 1. The van der Waals surface area contributed by atoms with E-state index in [9.17, 15) is 9.90 Å². The molecule has 33 heavy (non-hydrogen) atoms. The van der Waals surface area contributed by atoms with Gasteiger partial charge in [0.1, 0.15) is 6.17 Å². The van der Waals surface area contributed by atoms with Gasteiger partial charge in [0.15, 0.2) is 5.82 Å². The summed E-state index contributed by atoms with van der Waals surface area (Å²) in [6.07, 6.45) is 6.23. The van der Waals surface area contributed by atoms with Crippen LogP contribution in [0.2, 0.25) is 0 Å². The molecule has 0 spiro atoms. The molecular weight excluding hydrogens is 416 g/mol. The van der Waals surface area contributed by atoms with Crippen LogP contribution in [-0.2, 0) is 6.42 Å². The highest BCUT2D eigenvalue weighted by atomic mass is 16.5. The van der Waals surface area contributed by atoms with E-state index in [-0.39, 0.29) is 12.8 Å². The van der Waals surface area contributed by atoms with Crippen molar-refractivity contribution in [3.8, 4) is 22.5 Å². The number of hydrogen-bond acceptors (Lipinski definition) is 6. The van der Waals surface area contributed by atoms with Crippen LogP contribution in [0.5, 0.6) is 0 Å². The molecular formula is C26H30N4O3. The van der Waals surface area contributed by atoms with Crippen molar-refractivity contribution in [2.75, 3.05) is 13.2 Å². The first-order valence-electron chi connectivity index (χ1n) is 11.5. The predicted molar refractivity (Wildman–Crippen MR) is 130 cm³/mol. The molecule has 2 aromatic carbocycles. The molecule has 2 heterocycles. The molecule has 0 amide bonds. The molecule has 7 nitrogen and oxygen atoms in total. The highest BCUT2D eigenvalue weighted by Crippen LogP contribution is 2.30. The molecule has 1 aromatic heterocycles. The number of nitrogens with zero attached hydrogens (tertiary/aromatic N) is 3. The minimum absolute atomic E-state index is 0.0506. The van der Waals surface area contributed by atoms with Crippen LogP contribution in [0.25, 0.3) is 22.5 Å². The highest BCUT2D eigenvalue weighted by Gasteiger charge is 2.20. The van der Waals surface area contributed by atoms with Gasteiger partial charge in [0.25, 0.3) is 0 Å². The Morgan fingerprint density at radius 3 is 2.55 bits per heavy atom. The van der Waals surface area contributed by atoms with Gasteiger partial charge in [-0.25, -0.2) is 4.79 Å².